The van der Waals surface area contributed by atoms with Crippen molar-refractivity contribution in [2.24, 2.45) is 0 Å². The van der Waals surface area contributed by atoms with E-state index in [2.05, 4.69) is 29.0 Å². The third-order valence-electron chi connectivity index (χ3n) is 3.49. The number of hydrogen-bond donors (Lipinski definition) is 1. The Balaban J connectivity index is 1.94. The maximum atomic E-state index is 10.3. The summed E-state index contributed by atoms with van der Waals surface area (Å²) >= 11 is 0. The molecule has 0 saturated carbocycles. The van der Waals surface area contributed by atoms with Crippen LogP contribution in [0.15, 0.2) is 36.5 Å². The third-order valence-corrected chi connectivity index (χ3v) is 3.49. The summed E-state index contributed by atoms with van der Waals surface area (Å²) in [6.45, 7) is 2.44. The van der Waals surface area contributed by atoms with Crippen LogP contribution in [-0.4, -0.2) is 27.5 Å². The van der Waals surface area contributed by atoms with Gasteiger partial charge in [-0.15, -0.1) is 0 Å². The first-order chi connectivity index (χ1) is 7.77. The summed E-state index contributed by atoms with van der Waals surface area (Å²) in [5.74, 6) is 0. The number of rotatable bonds is 2. The average molecular weight is 217 g/mol. The summed E-state index contributed by atoms with van der Waals surface area (Å²) in [6.07, 6.45) is 4.34. The molecule has 0 aliphatic carbocycles. The average Bonchev–Trinajstić information content (AvgIpc) is 2.87. The molecule has 1 fully saturated rings. The van der Waals surface area contributed by atoms with E-state index in [9.17, 15) is 5.21 Å². The van der Waals surface area contributed by atoms with Crippen molar-refractivity contribution < 1.29 is 9.85 Å². The number of hydrogen-bond acceptors (Lipinski definition) is 1. The van der Waals surface area contributed by atoms with Crippen LogP contribution in [0.5, 0.6) is 0 Å². The molecule has 16 heavy (non-hydrogen) atoms. The number of para-hydroxylation sites is 1. The van der Waals surface area contributed by atoms with Crippen LogP contribution >= 0.6 is 0 Å². The molecule has 3 nitrogen and oxygen atoms in total. The van der Waals surface area contributed by atoms with Gasteiger partial charge in [-0.2, -0.15) is 4.65 Å². The predicted molar refractivity (Wildman–Crippen MR) is 63.0 cm³/mol. The van der Waals surface area contributed by atoms with Crippen LogP contribution in [-0.2, 0) is 6.67 Å². The van der Waals surface area contributed by atoms with Gasteiger partial charge in [-0.1, -0.05) is 18.2 Å². The minimum atomic E-state index is 0.193. The van der Waals surface area contributed by atoms with Gasteiger partial charge in [0.25, 0.3) is 0 Å². The van der Waals surface area contributed by atoms with Gasteiger partial charge in [0.05, 0.1) is 5.52 Å². The highest BCUT2D eigenvalue weighted by atomic mass is 16.5. The lowest BCUT2D eigenvalue weighted by Gasteiger charge is -2.25. The molecule has 84 valence electrons. The Bertz CT molecular complexity index is 497. The number of likely N-dealkylation sites (tertiary alicyclic amines) is 1. The quantitative estimate of drug-likeness (QED) is 0.768. The number of quaternary nitrogens is 1. The number of nitrogens with zero attached hydrogens (tertiary/aromatic N) is 2. The van der Waals surface area contributed by atoms with Crippen LogP contribution in [0.2, 0.25) is 0 Å². The Morgan fingerprint density at radius 3 is 2.69 bits per heavy atom. The molecule has 1 N–H and O–H groups in total. The molecule has 0 radical (unpaired) electrons. The van der Waals surface area contributed by atoms with Crippen LogP contribution < -0.4 is 0 Å². The highest BCUT2D eigenvalue weighted by Gasteiger charge is 2.30. The second-order valence-corrected chi connectivity index (χ2v) is 4.74. The summed E-state index contributed by atoms with van der Waals surface area (Å²) in [4.78, 5) is 0. The van der Waals surface area contributed by atoms with E-state index in [0.29, 0.717) is 6.67 Å². The van der Waals surface area contributed by atoms with Crippen LogP contribution in [0.4, 0.5) is 0 Å². The Labute approximate surface area is 95.1 Å². The predicted octanol–water partition coefficient (Wildman–Crippen LogP) is 2.60. The largest absolute Gasteiger partial charge is 0.298 e. The smallest absolute Gasteiger partial charge is 0.188 e. The number of hydroxylamine groups is 3. The van der Waals surface area contributed by atoms with Crippen molar-refractivity contribution in [3.63, 3.8) is 0 Å². The van der Waals surface area contributed by atoms with E-state index in [0.717, 1.165) is 25.9 Å². The van der Waals surface area contributed by atoms with E-state index in [-0.39, 0.29) is 4.65 Å². The zero-order valence-corrected chi connectivity index (χ0v) is 9.34. The van der Waals surface area contributed by atoms with Gasteiger partial charge in [0, 0.05) is 19.0 Å². The molecule has 2 heterocycles. The van der Waals surface area contributed by atoms with Gasteiger partial charge in [0.2, 0.25) is 0 Å². The van der Waals surface area contributed by atoms with Gasteiger partial charge in [-0.05, 0) is 17.5 Å². The molecule has 3 rings (SSSR count). The highest BCUT2D eigenvalue weighted by molar-refractivity contribution is 5.79. The fraction of sp³-hybridized carbons (Fsp3) is 0.385. The van der Waals surface area contributed by atoms with E-state index in [4.69, 9.17) is 0 Å². The normalized spacial score (nSPS) is 19.3. The number of aromatic nitrogens is 1. The lowest BCUT2D eigenvalue weighted by Crippen LogP contribution is -2.42. The topological polar surface area (TPSA) is 25.2 Å². The van der Waals surface area contributed by atoms with Crippen molar-refractivity contribution >= 4 is 10.9 Å². The molecule has 0 amide bonds. The van der Waals surface area contributed by atoms with Crippen LogP contribution in [0.25, 0.3) is 10.9 Å². The van der Waals surface area contributed by atoms with Crippen molar-refractivity contribution in [2.45, 2.75) is 19.5 Å². The summed E-state index contributed by atoms with van der Waals surface area (Å²) in [5.41, 5.74) is 1.21. The molecule has 3 heteroatoms. The van der Waals surface area contributed by atoms with Crippen LogP contribution in [0, 0.1) is 0 Å². The summed E-state index contributed by atoms with van der Waals surface area (Å²) < 4.78 is 2.35. The lowest BCUT2D eigenvalue weighted by molar-refractivity contribution is -1.11. The lowest BCUT2D eigenvalue weighted by atomic mass is 10.2. The van der Waals surface area contributed by atoms with E-state index < -0.39 is 0 Å². The summed E-state index contributed by atoms with van der Waals surface area (Å²) in [7, 11) is 0. The monoisotopic (exact) mass is 217 g/mol. The van der Waals surface area contributed by atoms with E-state index in [1.165, 1.54) is 10.9 Å². The Morgan fingerprint density at radius 2 is 1.88 bits per heavy atom. The molecule has 1 aliphatic heterocycles. The zero-order chi connectivity index (χ0) is 11.0. The van der Waals surface area contributed by atoms with Gasteiger partial charge in [-0.25, -0.2) is 5.21 Å². The fourth-order valence-electron chi connectivity index (χ4n) is 2.61. The van der Waals surface area contributed by atoms with Crippen LogP contribution in [0.1, 0.15) is 12.8 Å². The van der Waals surface area contributed by atoms with Gasteiger partial charge in [0.15, 0.2) is 6.67 Å². The summed E-state index contributed by atoms with van der Waals surface area (Å²) in [6, 6.07) is 10.4. The Kier molecular flexibility index (Phi) is 2.23. The molecule has 2 aromatic rings. The molecule has 0 spiro atoms. The van der Waals surface area contributed by atoms with Crippen molar-refractivity contribution in [1.82, 2.24) is 4.57 Å². The first-order valence-corrected chi connectivity index (χ1v) is 5.90. The number of fused-ring (bicyclic) bond motifs is 1. The van der Waals surface area contributed by atoms with Gasteiger partial charge >= 0.3 is 0 Å². The van der Waals surface area contributed by atoms with Crippen molar-refractivity contribution in [2.75, 3.05) is 13.1 Å². The SMILES string of the molecule is O[N+]1(Cn2ccc3ccccc32)CCCC1. The maximum Gasteiger partial charge on any atom is 0.188 e. The molecular formula is C13H17N2O+. The molecular weight excluding hydrogens is 200 g/mol. The third kappa shape index (κ3) is 1.62. The maximum absolute atomic E-state index is 10.3. The summed E-state index contributed by atoms with van der Waals surface area (Å²) in [5, 5.41) is 11.6. The first kappa shape index (κ1) is 9.87. The van der Waals surface area contributed by atoms with Crippen molar-refractivity contribution in [3.8, 4) is 0 Å². The Hall–Kier alpha value is -1.32. The van der Waals surface area contributed by atoms with Gasteiger partial charge in [0.1, 0.15) is 13.1 Å². The van der Waals surface area contributed by atoms with E-state index in [1.54, 1.807) is 0 Å². The van der Waals surface area contributed by atoms with Gasteiger partial charge in [-0.3, -0.25) is 4.57 Å². The standard InChI is InChI=1S/C13H17N2O/c16-15(9-3-4-10-15)11-14-8-7-12-5-1-2-6-13(12)14/h1-2,5-8,16H,3-4,9-11H2/q+1. The minimum Gasteiger partial charge on any atom is -0.298 e. The van der Waals surface area contributed by atoms with E-state index in [1.807, 2.05) is 12.1 Å². The molecule has 1 saturated heterocycles. The second kappa shape index (κ2) is 3.61. The number of benzene rings is 1. The second-order valence-electron chi connectivity index (χ2n) is 4.74. The van der Waals surface area contributed by atoms with Crippen LogP contribution in [0.3, 0.4) is 0 Å². The highest BCUT2D eigenvalue weighted by Crippen LogP contribution is 2.21. The first-order valence-electron chi connectivity index (χ1n) is 5.90. The fourth-order valence-corrected chi connectivity index (χ4v) is 2.61. The molecule has 0 bridgehead atoms. The zero-order valence-electron chi connectivity index (χ0n) is 9.34. The molecule has 0 atom stereocenters. The Morgan fingerprint density at radius 1 is 1.12 bits per heavy atom. The van der Waals surface area contributed by atoms with Gasteiger partial charge < -0.3 is 0 Å². The molecule has 0 unspecified atom stereocenters. The minimum absolute atomic E-state index is 0.193. The van der Waals surface area contributed by atoms with Crippen molar-refractivity contribution in [1.29, 1.82) is 0 Å². The molecule has 1 aromatic carbocycles. The molecule has 1 aromatic heterocycles. The van der Waals surface area contributed by atoms with Crippen molar-refractivity contribution in [3.05, 3.63) is 36.5 Å². The molecule has 1 aliphatic rings. The van der Waals surface area contributed by atoms with E-state index >= 15 is 0 Å².